The molecule has 0 bridgehead atoms. The summed E-state index contributed by atoms with van der Waals surface area (Å²) >= 11 is 0. The third-order valence-electron chi connectivity index (χ3n) is 3.72. The number of benzene rings is 2. The van der Waals surface area contributed by atoms with E-state index in [9.17, 15) is 10.1 Å². The number of methoxy groups -OCH3 is 1. The van der Waals surface area contributed by atoms with E-state index in [1.807, 2.05) is 19.1 Å². The Labute approximate surface area is 152 Å². The van der Waals surface area contributed by atoms with Crippen molar-refractivity contribution < 1.29 is 19.2 Å². The molecule has 0 aliphatic heterocycles. The van der Waals surface area contributed by atoms with Gasteiger partial charge >= 0.3 is 0 Å². The van der Waals surface area contributed by atoms with Crippen molar-refractivity contribution in [2.45, 2.75) is 33.0 Å². The van der Waals surface area contributed by atoms with E-state index in [4.69, 9.17) is 14.3 Å². The topological polar surface area (TPSA) is 83.2 Å². The Hall–Kier alpha value is -3.09. The molecule has 0 unspecified atom stereocenters. The molecule has 0 aliphatic rings. The minimum Gasteiger partial charge on any atom is -0.493 e. The third-order valence-corrected chi connectivity index (χ3v) is 3.72. The van der Waals surface area contributed by atoms with E-state index in [0.717, 1.165) is 12.0 Å². The van der Waals surface area contributed by atoms with Gasteiger partial charge in [-0.2, -0.15) is 0 Å². The Bertz CT molecular complexity index is 776. The van der Waals surface area contributed by atoms with Gasteiger partial charge in [-0.1, -0.05) is 24.2 Å². The third kappa shape index (κ3) is 5.47. The molecule has 2 aromatic carbocycles. The summed E-state index contributed by atoms with van der Waals surface area (Å²) in [6.45, 7) is 4.19. The van der Waals surface area contributed by atoms with Crippen LogP contribution in [0.2, 0.25) is 0 Å². The van der Waals surface area contributed by atoms with E-state index < -0.39 is 4.92 Å². The SMILES string of the molecule is CC[C@H](C)Oc1ccc(/C=N\OCc2cccc([N+](=O)[O-])c2)cc1OC. The molecule has 0 heterocycles. The van der Waals surface area contributed by atoms with Crippen LogP contribution in [0.15, 0.2) is 47.6 Å². The molecule has 26 heavy (non-hydrogen) atoms. The number of hydrogen-bond acceptors (Lipinski definition) is 6. The van der Waals surface area contributed by atoms with E-state index in [1.54, 1.807) is 31.5 Å². The Morgan fingerprint density at radius 3 is 2.73 bits per heavy atom. The average molecular weight is 358 g/mol. The van der Waals surface area contributed by atoms with Crippen LogP contribution in [0.25, 0.3) is 0 Å². The van der Waals surface area contributed by atoms with Crippen molar-refractivity contribution in [2.24, 2.45) is 5.16 Å². The average Bonchev–Trinajstić information content (AvgIpc) is 2.66. The fourth-order valence-electron chi connectivity index (χ4n) is 2.13. The lowest BCUT2D eigenvalue weighted by Crippen LogP contribution is -2.10. The van der Waals surface area contributed by atoms with Gasteiger partial charge in [0.1, 0.15) is 6.61 Å². The molecule has 0 fully saturated rings. The molecule has 7 heteroatoms. The second kappa shape index (κ2) is 9.41. The summed E-state index contributed by atoms with van der Waals surface area (Å²) in [6.07, 6.45) is 2.55. The van der Waals surface area contributed by atoms with Gasteiger partial charge in [0.25, 0.3) is 5.69 Å². The molecule has 138 valence electrons. The zero-order valence-corrected chi connectivity index (χ0v) is 15.0. The number of oxime groups is 1. The second-order valence-electron chi connectivity index (χ2n) is 5.68. The molecule has 0 aromatic heterocycles. The van der Waals surface area contributed by atoms with E-state index in [2.05, 4.69) is 12.1 Å². The van der Waals surface area contributed by atoms with Crippen LogP contribution in [-0.4, -0.2) is 24.4 Å². The van der Waals surface area contributed by atoms with Crippen molar-refractivity contribution in [3.05, 3.63) is 63.7 Å². The lowest BCUT2D eigenvalue weighted by Gasteiger charge is -2.15. The lowest BCUT2D eigenvalue weighted by molar-refractivity contribution is -0.384. The van der Waals surface area contributed by atoms with Crippen molar-refractivity contribution in [1.29, 1.82) is 0 Å². The fourth-order valence-corrected chi connectivity index (χ4v) is 2.13. The quantitative estimate of drug-likeness (QED) is 0.378. The highest BCUT2D eigenvalue weighted by Gasteiger charge is 2.08. The zero-order chi connectivity index (χ0) is 18.9. The maximum atomic E-state index is 10.8. The van der Waals surface area contributed by atoms with E-state index in [0.29, 0.717) is 17.1 Å². The summed E-state index contributed by atoms with van der Waals surface area (Å²) in [5.41, 5.74) is 1.49. The summed E-state index contributed by atoms with van der Waals surface area (Å²) < 4.78 is 11.1. The highest BCUT2D eigenvalue weighted by Crippen LogP contribution is 2.28. The Balaban J connectivity index is 1.97. The predicted molar refractivity (Wildman–Crippen MR) is 98.9 cm³/mol. The molecule has 2 rings (SSSR count). The van der Waals surface area contributed by atoms with Crippen molar-refractivity contribution >= 4 is 11.9 Å². The number of nitro groups is 1. The smallest absolute Gasteiger partial charge is 0.269 e. The first-order valence-corrected chi connectivity index (χ1v) is 8.26. The van der Waals surface area contributed by atoms with Gasteiger partial charge in [0, 0.05) is 17.7 Å². The summed E-state index contributed by atoms with van der Waals surface area (Å²) in [5, 5.41) is 14.7. The predicted octanol–water partition coefficient (Wildman–Crippen LogP) is 4.33. The van der Waals surface area contributed by atoms with Crippen LogP contribution in [0, 0.1) is 10.1 Å². The van der Waals surface area contributed by atoms with Crippen LogP contribution < -0.4 is 9.47 Å². The van der Waals surface area contributed by atoms with Crippen LogP contribution in [0.3, 0.4) is 0 Å². The molecular weight excluding hydrogens is 336 g/mol. The number of ether oxygens (including phenoxy) is 2. The number of rotatable bonds is 9. The van der Waals surface area contributed by atoms with Gasteiger partial charge in [-0.15, -0.1) is 0 Å². The molecule has 2 aromatic rings. The Morgan fingerprint density at radius 2 is 2.04 bits per heavy atom. The zero-order valence-electron chi connectivity index (χ0n) is 15.0. The highest BCUT2D eigenvalue weighted by molar-refractivity contribution is 5.80. The first-order chi connectivity index (χ1) is 12.5. The van der Waals surface area contributed by atoms with Gasteiger partial charge in [-0.05, 0) is 37.1 Å². The van der Waals surface area contributed by atoms with Crippen molar-refractivity contribution in [1.82, 2.24) is 0 Å². The second-order valence-corrected chi connectivity index (χ2v) is 5.68. The van der Waals surface area contributed by atoms with Gasteiger partial charge in [0.2, 0.25) is 0 Å². The highest BCUT2D eigenvalue weighted by atomic mass is 16.6. The summed E-state index contributed by atoms with van der Waals surface area (Å²) in [7, 11) is 1.58. The van der Waals surface area contributed by atoms with Crippen LogP contribution in [-0.2, 0) is 11.4 Å². The van der Waals surface area contributed by atoms with Crippen molar-refractivity contribution in [3.63, 3.8) is 0 Å². The van der Waals surface area contributed by atoms with Gasteiger partial charge in [0.05, 0.1) is 24.4 Å². The van der Waals surface area contributed by atoms with Crippen LogP contribution in [0.1, 0.15) is 31.4 Å². The summed E-state index contributed by atoms with van der Waals surface area (Å²) in [6, 6.07) is 11.7. The molecule has 0 spiro atoms. The van der Waals surface area contributed by atoms with Gasteiger partial charge in [0.15, 0.2) is 11.5 Å². The lowest BCUT2D eigenvalue weighted by atomic mass is 10.2. The Kier molecular flexibility index (Phi) is 6.96. The van der Waals surface area contributed by atoms with Crippen LogP contribution in [0.5, 0.6) is 11.5 Å². The standard InChI is InChI=1S/C19H22N2O5/c1-4-14(2)26-18-9-8-15(11-19(18)24-3)12-20-25-13-16-6-5-7-17(10-16)21(22)23/h5-12,14H,4,13H2,1-3H3/b20-12-/t14-/m0/s1. The normalized spacial score (nSPS) is 12.0. The first kappa shape index (κ1) is 19.2. The molecule has 7 nitrogen and oxygen atoms in total. The molecular formula is C19H22N2O5. The minimum atomic E-state index is -0.442. The minimum absolute atomic E-state index is 0.0247. The molecule has 0 N–H and O–H groups in total. The number of nitrogens with zero attached hydrogens (tertiary/aromatic N) is 2. The van der Waals surface area contributed by atoms with E-state index in [1.165, 1.54) is 12.1 Å². The molecule has 1 atom stereocenters. The summed E-state index contributed by atoms with van der Waals surface area (Å²) in [4.78, 5) is 15.5. The number of nitro benzene ring substituents is 1. The maximum absolute atomic E-state index is 10.8. The van der Waals surface area contributed by atoms with Gasteiger partial charge in [-0.3, -0.25) is 10.1 Å². The van der Waals surface area contributed by atoms with E-state index in [-0.39, 0.29) is 18.4 Å². The molecule has 0 saturated carbocycles. The van der Waals surface area contributed by atoms with Crippen molar-refractivity contribution in [2.75, 3.05) is 7.11 Å². The van der Waals surface area contributed by atoms with Gasteiger partial charge < -0.3 is 14.3 Å². The summed E-state index contributed by atoms with van der Waals surface area (Å²) in [5.74, 6) is 1.30. The molecule has 0 amide bonds. The van der Waals surface area contributed by atoms with E-state index >= 15 is 0 Å². The largest absolute Gasteiger partial charge is 0.493 e. The monoisotopic (exact) mass is 358 g/mol. The molecule has 0 radical (unpaired) electrons. The molecule has 0 saturated heterocycles. The fraction of sp³-hybridized carbons (Fsp3) is 0.316. The van der Waals surface area contributed by atoms with Crippen LogP contribution in [0.4, 0.5) is 5.69 Å². The first-order valence-electron chi connectivity index (χ1n) is 8.26. The number of hydrogen-bond donors (Lipinski definition) is 0. The van der Waals surface area contributed by atoms with Crippen LogP contribution >= 0.6 is 0 Å². The Morgan fingerprint density at radius 1 is 1.23 bits per heavy atom. The molecule has 0 aliphatic carbocycles. The maximum Gasteiger partial charge on any atom is 0.269 e. The van der Waals surface area contributed by atoms with Gasteiger partial charge in [-0.25, -0.2) is 0 Å². The van der Waals surface area contributed by atoms with Crippen molar-refractivity contribution in [3.8, 4) is 11.5 Å². The number of non-ortho nitro benzene ring substituents is 1.